The number of piperazine rings is 1. The lowest BCUT2D eigenvalue weighted by Gasteiger charge is -2.33. The van der Waals surface area contributed by atoms with Gasteiger partial charge in [0.25, 0.3) is 0 Å². The third-order valence-electron chi connectivity index (χ3n) is 4.86. The molecule has 0 atom stereocenters. The van der Waals surface area contributed by atoms with Crippen molar-refractivity contribution in [2.45, 2.75) is 13.5 Å². The van der Waals surface area contributed by atoms with Crippen molar-refractivity contribution in [2.24, 2.45) is 0 Å². The van der Waals surface area contributed by atoms with Gasteiger partial charge in [0.05, 0.1) is 17.9 Å². The molecule has 0 spiro atoms. The molecule has 7 nitrogen and oxygen atoms in total. The lowest BCUT2D eigenvalue weighted by atomic mass is 10.2. The summed E-state index contributed by atoms with van der Waals surface area (Å²) in [6, 6.07) is 5.54. The number of hydrogen-bond acceptors (Lipinski definition) is 7. The number of thiazole rings is 1. The first-order valence-electron chi connectivity index (χ1n) is 9.54. The van der Waals surface area contributed by atoms with Crippen LogP contribution in [0.3, 0.4) is 0 Å². The van der Waals surface area contributed by atoms with E-state index in [1.54, 1.807) is 5.38 Å². The fourth-order valence-corrected chi connectivity index (χ4v) is 4.04. The largest absolute Gasteiger partial charge is 0.361 e. The SMILES string of the molecule is Cc1cc(CN2CCN(CC(=O)Nc3nc(-c4ccc(F)c(F)c4)cs3)CC2)no1. The fourth-order valence-electron chi connectivity index (χ4n) is 3.31. The standard InChI is InChI=1S/C20H21F2N5O2S/c1-13-8-15(25-29-13)10-26-4-6-27(7-5-26)11-19(28)24-20-23-18(12-30-20)14-2-3-16(21)17(22)9-14/h2-3,8-9,12H,4-7,10-11H2,1H3,(H,23,24,28). The zero-order valence-corrected chi connectivity index (χ0v) is 17.2. The summed E-state index contributed by atoms with van der Waals surface area (Å²) >= 11 is 1.25. The van der Waals surface area contributed by atoms with Crippen LogP contribution in [0.2, 0.25) is 0 Å². The molecule has 3 aromatic rings. The van der Waals surface area contributed by atoms with Crippen molar-refractivity contribution in [3.05, 3.63) is 52.7 Å². The highest BCUT2D eigenvalue weighted by Crippen LogP contribution is 2.26. The average molecular weight is 433 g/mol. The van der Waals surface area contributed by atoms with Crippen molar-refractivity contribution in [3.8, 4) is 11.3 Å². The van der Waals surface area contributed by atoms with E-state index in [0.717, 1.165) is 56.3 Å². The van der Waals surface area contributed by atoms with Gasteiger partial charge in [-0.3, -0.25) is 14.6 Å². The molecule has 0 unspecified atom stereocenters. The summed E-state index contributed by atoms with van der Waals surface area (Å²) in [6.45, 7) is 6.13. The van der Waals surface area contributed by atoms with E-state index in [0.29, 0.717) is 16.4 Å². The first kappa shape index (κ1) is 20.6. The average Bonchev–Trinajstić information content (AvgIpc) is 3.34. The summed E-state index contributed by atoms with van der Waals surface area (Å²) < 4.78 is 31.6. The van der Waals surface area contributed by atoms with Gasteiger partial charge in [-0.05, 0) is 25.1 Å². The second kappa shape index (κ2) is 8.99. The molecule has 1 fully saturated rings. The predicted octanol–water partition coefficient (Wildman–Crippen LogP) is 3.14. The van der Waals surface area contributed by atoms with E-state index in [-0.39, 0.29) is 12.5 Å². The zero-order valence-electron chi connectivity index (χ0n) is 16.4. The van der Waals surface area contributed by atoms with Gasteiger partial charge in [0, 0.05) is 49.7 Å². The Morgan fingerprint density at radius 1 is 1.17 bits per heavy atom. The number of nitrogens with one attached hydrogen (secondary N) is 1. The number of nitrogens with zero attached hydrogens (tertiary/aromatic N) is 4. The molecule has 0 radical (unpaired) electrons. The third kappa shape index (κ3) is 5.07. The second-order valence-corrected chi connectivity index (χ2v) is 8.05. The molecule has 1 aliphatic rings. The summed E-state index contributed by atoms with van der Waals surface area (Å²) in [5.74, 6) is -1.18. The Morgan fingerprint density at radius 3 is 2.63 bits per heavy atom. The number of aryl methyl sites for hydroxylation is 1. The number of benzene rings is 1. The topological polar surface area (TPSA) is 74.5 Å². The third-order valence-corrected chi connectivity index (χ3v) is 5.62. The molecule has 4 rings (SSSR count). The minimum Gasteiger partial charge on any atom is -0.361 e. The molecule has 10 heteroatoms. The second-order valence-electron chi connectivity index (χ2n) is 7.20. The van der Waals surface area contributed by atoms with Crippen LogP contribution in [0, 0.1) is 18.6 Å². The van der Waals surface area contributed by atoms with Crippen LogP contribution in [0.5, 0.6) is 0 Å². The monoisotopic (exact) mass is 433 g/mol. The molecule has 1 aliphatic heterocycles. The number of anilines is 1. The number of rotatable bonds is 6. The van der Waals surface area contributed by atoms with Gasteiger partial charge in [0.1, 0.15) is 5.76 Å². The van der Waals surface area contributed by atoms with Crippen LogP contribution in [-0.4, -0.2) is 58.6 Å². The van der Waals surface area contributed by atoms with E-state index in [9.17, 15) is 13.6 Å². The molecule has 0 aliphatic carbocycles. The predicted molar refractivity (Wildman–Crippen MR) is 109 cm³/mol. The quantitative estimate of drug-likeness (QED) is 0.644. The van der Waals surface area contributed by atoms with Gasteiger partial charge in [-0.25, -0.2) is 13.8 Å². The van der Waals surface area contributed by atoms with Crippen LogP contribution in [-0.2, 0) is 11.3 Å². The Balaban J connectivity index is 1.25. The molecule has 1 N–H and O–H groups in total. The minimum absolute atomic E-state index is 0.151. The van der Waals surface area contributed by atoms with Crippen LogP contribution < -0.4 is 5.32 Å². The highest BCUT2D eigenvalue weighted by molar-refractivity contribution is 7.14. The van der Waals surface area contributed by atoms with Gasteiger partial charge < -0.3 is 9.84 Å². The highest BCUT2D eigenvalue weighted by atomic mass is 32.1. The Labute approximate surface area is 176 Å². The molecule has 1 saturated heterocycles. The van der Waals surface area contributed by atoms with Crippen LogP contribution in [0.25, 0.3) is 11.3 Å². The van der Waals surface area contributed by atoms with Gasteiger partial charge >= 0.3 is 0 Å². The van der Waals surface area contributed by atoms with Gasteiger partial charge in [-0.15, -0.1) is 11.3 Å². The van der Waals surface area contributed by atoms with Gasteiger partial charge in [0.15, 0.2) is 16.8 Å². The number of aromatic nitrogens is 2. The Kier molecular flexibility index (Phi) is 6.16. The molecular formula is C20H21F2N5O2S. The lowest BCUT2D eigenvalue weighted by Crippen LogP contribution is -2.48. The maximum atomic E-state index is 13.4. The molecule has 1 amide bonds. The molecule has 0 saturated carbocycles. The number of hydrogen-bond donors (Lipinski definition) is 1. The van der Waals surface area contributed by atoms with E-state index in [4.69, 9.17) is 4.52 Å². The molecule has 2 aromatic heterocycles. The number of halogens is 2. The first-order valence-corrected chi connectivity index (χ1v) is 10.4. The van der Waals surface area contributed by atoms with E-state index in [1.165, 1.54) is 17.4 Å². The van der Waals surface area contributed by atoms with E-state index in [2.05, 4.69) is 25.3 Å². The van der Waals surface area contributed by atoms with E-state index >= 15 is 0 Å². The van der Waals surface area contributed by atoms with Crippen LogP contribution >= 0.6 is 11.3 Å². The summed E-state index contributed by atoms with van der Waals surface area (Å²) in [5, 5.41) is 8.93. The Hall–Kier alpha value is -2.69. The van der Waals surface area contributed by atoms with Crippen LogP contribution in [0.4, 0.5) is 13.9 Å². The van der Waals surface area contributed by atoms with Gasteiger partial charge in [-0.2, -0.15) is 0 Å². The number of carbonyl (C=O) groups is 1. The minimum atomic E-state index is -0.927. The summed E-state index contributed by atoms with van der Waals surface area (Å²) in [7, 11) is 0. The number of carbonyl (C=O) groups excluding carboxylic acids is 1. The summed E-state index contributed by atoms with van der Waals surface area (Å²) in [4.78, 5) is 21.0. The summed E-state index contributed by atoms with van der Waals surface area (Å²) in [5.41, 5.74) is 1.87. The molecule has 1 aromatic carbocycles. The fraction of sp³-hybridized carbons (Fsp3) is 0.350. The van der Waals surface area contributed by atoms with E-state index < -0.39 is 11.6 Å². The van der Waals surface area contributed by atoms with Gasteiger partial charge in [-0.1, -0.05) is 5.16 Å². The Bertz CT molecular complexity index is 1030. The first-order chi connectivity index (χ1) is 14.5. The molecule has 0 bridgehead atoms. The zero-order chi connectivity index (χ0) is 21.1. The van der Waals surface area contributed by atoms with Crippen molar-refractivity contribution in [1.82, 2.24) is 19.9 Å². The van der Waals surface area contributed by atoms with Crippen molar-refractivity contribution >= 4 is 22.4 Å². The molecule has 158 valence electrons. The lowest BCUT2D eigenvalue weighted by molar-refractivity contribution is -0.117. The van der Waals surface area contributed by atoms with Crippen LogP contribution in [0.1, 0.15) is 11.5 Å². The molecule has 30 heavy (non-hydrogen) atoms. The molecule has 3 heterocycles. The molecular weight excluding hydrogens is 412 g/mol. The van der Waals surface area contributed by atoms with Crippen molar-refractivity contribution in [1.29, 1.82) is 0 Å². The van der Waals surface area contributed by atoms with Crippen LogP contribution in [0.15, 0.2) is 34.2 Å². The smallest absolute Gasteiger partial charge is 0.240 e. The van der Waals surface area contributed by atoms with E-state index in [1.807, 2.05) is 13.0 Å². The normalized spacial score (nSPS) is 15.4. The van der Waals surface area contributed by atoms with Crippen molar-refractivity contribution < 1.29 is 18.1 Å². The van der Waals surface area contributed by atoms with Crippen molar-refractivity contribution in [2.75, 3.05) is 38.0 Å². The summed E-state index contributed by atoms with van der Waals surface area (Å²) in [6.07, 6.45) is 0. The number of amides is 1. The van der Waals surface area contributed by atoms with Crippen molar-refractivity contribution in [3.63, 3.8) is 0 Å². The Morgan fingerprint density at radius 2 is 1.93 bits per heavy atom. The maximum absolute atomic E-state index is 13.4. The highest BCUT2D eigenvalue weighted by Gasteiger charge is 2.20. The van der Waals surface area contributed by atoms with Gasteiger partial charge in [0.2, 0.25) is 5.91 Å². The maximum Gasteiger partial charge on any atom is 0.240 e.